The Morgan fingerprint density at radius 2 is 1.87 bits per heavy atom. The number of piperidine rings is 1. The molecule has 0 radical (unpaired) electrons. The predicted octanol–water partition coefficient (Wildman–Crippen LogP) is 3.54. The Kier molecular flexibility index (Phi) is 6.53. The van der Waals surface area contributed by atoms with Gasteiger partial charge in [0.1, 0.15) is 11.6 Å². The summed E-state index contributed by atoms with van der Waals surface area (Å²) in [6.07, 6.45) is 4.75. The van der Waals surface area contributed by atoms with Crippen molar-refractivity contribution < 1.29 is 13.9 Å². The summed E-state index contributed by atoms with van der Waals surface area (Å²) in [6, 6.07) is 12.6. The van der Waals surface area contributed by atoms with Crippen LogP contribution < -0.4 is 15.0 Å². The minimum atomic E-state index is -0.322. The van der Waals surface area contributed by atoms with Crippen LogP contribution in [0.25, 0.3) is 0 Å². The number of halogens is 1. The zero-order valence-corrected chi connectivity index (χ0v) is 17.6. The number of benzene rings is 2. The van der Waals surface area contributed by atoms with Gasteiger partial charge in [0.05, 0.1) is 6.04 Å². The highest BCUT2D eigenvalue weighted by Crippen LogP contribution is 2.32. The number of carbonyl (C=O) groups excluding carboxylic acids is 1. The van der Waals surface area contributed by atoms with E-state index in [2.05, 4.69) is 40.4 Å². The second kappa shape index (κ2) is 9.47. The summed E-state index contributed by atoms with van der Waals surface area (Å²) in [5, 5.41) is 3.05. The van der Waals surface area contributed by atoms with E-state index in [1.807, 2.05) is 0 Å². The summed E-state index contributed by atoms with van der Waals surface area (Å²) in [7, 11) is 2.13. The van der Waals surface area contributed by atoms with Crippen LogP contribution in [0.1, 0.15) is 36.4 Å². The van der Waals surface area contributed by atoms with Gasteiger partial charge in [-0.3, -0.25) is 9.69 Å². The third kappa shape index (κ3) is 4.93. The average Bonchev–Trinajstić information content (AvgIpc) is 3.14. The van der Waals surface area contributed by atoms with E-state index in [1.165, 1.54) is 60.3 Å². The van der Waals surface area contributed by atoms with Gasteiger partial charge in [-0.15, -0.1) is 0 Å². The van der Waals surface area contributed by atoms with E-state index in [-0.39, 0.29) is 24.4 Å². The Morgan fingerprint density at radius 1 is 1.10 bits per heavy atom. The molecule has 0 bridgehead atoms. The summed E-state index contributed by atoms with van der Waals surface area (Å²) in [5.41, 5.74) is 3.97. The molecule has 1 fully saturated rings. The maximum Gasteiger partial charge on any atom is 0.258 e. The lowest BCUT2D eigenvalue weighted by molar-refractivity contribution is -0.123. The SMILES string of the molecule is CN1CCc2cc([C@H](CNC(=O)COc3ccc(F)cc3)N3CCCCC3)ccc21. The highest BCUT2D eigenvalue weighted by molar-refractivity contribution is 5.77. The fourth-order valence-electron chi connectivity index (χ4n) is 4.42. The molecule has 30 heavy (non-hydrogen) atoms. The maximum absolute atomic E-state index is 13.0. The second-order valence-electron chi connectivity index (χ2n) is 8.22. The molecule has 1 saturated heterocycles. The molecule has 2 aromatic carbocycles. The first-order valence-corrected chi connectivity index (χ1v) is 10.8. The number of likely N-dealkylation sites (N-methyl/N-ethyl adjacent to an activating group) is 1. The van der Waals surface area contributed by atoms with Crippen LogP contribution in [0.2, 0.25) is 0 Å². The lowest BCUT2D eigenvalue weighted by Gasteiger charge is -2.35. The van der Waals surface area contributed by atoms with Gasteiger partial charge < -0.3 is 15.0 Å². The van der Waals surface area contributed by atoms with Crippen molar-refractivity contribution in [3.05, 3.63) is 59.4 Å². The van der Waals surface area contributed by atoms with E-state index >= 15 is 0 Å². The summed E-state index contributed by atoms with van der Waals surface area (Å²) in [6.45, 7) is 3.66. The van der Waals surface area contributed by atoms with Gasteiger partial charge in [-0.25, -0.2) is 4.39 Å². The molecule has 1 amide bonds. The van der Waals surface area contributed by atoms with Crippen LogP contribution in [0.5, 0.6) is 5.75 Å². The third-order valence-electron chi connectivity index (χ3n) is 6.12. The van der Waals surface area contributed by atoms with Crippen LogP contribution in [0.3, 0.4) is 0 Å². The minimum absolute atomic E-state index is 0.0761. The van der Waals surface area contributed by atoms with Crippen LogP contribution in [0, 0.1) is 5.82 Å². The van der Waals surface area contributed by atoms with Crippen molar-refractivity contribution in [2.75, 3.05) is 44.7 Å². The lowest BCUT2D eigenvalue weighted by atomic mass is 9.98. The Bertz CT molecular complexity index is 865. The van der Waals surface area contributed by atoms with E-state index in [0.717, 1.165) is 26.1 Å². The number of ether oxygens (including phenoxy) is 1. The zero-order valence-electron chi connectivity index (χ0n) is 17.6. The van der Waals surface area contributed by atoms with Crippen molar-refractivity contribution in [1.29, 1.82) is 0 Å². The van der Waals surface area contributed by atoms with Crippen LogP contribution >= 0.6 is 0 Å². The number of fused-ring (bicyclic) bond motifs is 1. The molecule has 0 aliphatic carbocycles. The Balaban J connectivity index is 1.40. The fraction of sp³-hybridized carbons (Fsp3) is 0.458. The summed E-state index contributed by atoms with van der Waals surface area (Å²) in [4.78, 5) is 17.2. The Hall–Kier alpha value is -2.60. The smallest absolute Gasteiger partial charge is 0.258 e. The first-order valence-electron chi connectivity index (χ1n) is 10.8. The van der Waals surface area contributed by atoms with Crippen molar-refractivity contribution in [2.24, 2.45) is 0 Å². The number of hydrogen-bond donors (Lipinski definition) is 1. The lowest BCUT2D eigenvalue weighted by Crippen LogP contribution is -2.41. The van der Waals surface area contributed by atoms with Gasteiger partial charge in [0, 0.05) is 25.8 Å². The second-order valence-corrected chi connectivity index (χ2v) is 8.22. The van der Waals surface area contributed by atoms with E-state index in [1.54, 1.807) is 0 Å². The summed E-state index contributed by atoms with van der Waals surface area (Å²) in [5.74, 6) is 0.000755. The molecule has 1 N–H and O–H groups in total. The molecule has 2 aliphatic rings. The largest absolute Gasteiger partial charge is 0.484 e. The molecule has 2 aliphatic heterocycles. The van der Waals surface area contributed by atoms with Gasteiger partial charge in [0.25, 0.3) is 5.91 Å². The number of amides is 1. The standard InChI is InChI=1S/C24H30FN3O2/c1-27-14-11-19-15-18(5-10-22(19)27)23(28-12-3-2-4-13-28)16-26-24(29)17-30-21-8-6-20(25)7-9-21/h5-10,15,23H,2-4,11-14,16-17H2,1H3,(H,26,29)/t23-/m0/s1. The molecule has 0 unspecified atom stereocenters. The number of carbonyl (C=O) groups is 1. The first kappa shape index (κ1) is 20.7. The van der Waals surface area contributed by atoms with Crippen LogP contribution in [0.4, 0.5) is 10.1 Å². The third-order valence-corrected chi connectivity index (χ3v) is 6.12. The molecule has 0 aromatic heterocycles. The maximum atomic E-state index is 13.0. The first-order chi connectivity index (χ1) is 14.6. The Morgan fingerprint density at radius 3 is 2.63 bits per heavy atom. The molecular formula is C24H30FN3O2. The number of nitrogens with one attached hydrogen (secondary N) is 1. The molecule has 5 nitrogen and oxygen atoms in total. The number of rotatable bonds is 7. The topological polar surface area (TPSA) is 44.8 Å². The molecule has 160 valence electrons. The molecule has 4 rings (SSSR count). The van der Waals surface area contributed by atoms with Crippen LogP contribution in [-0.4, -0.2) is 50.6 Å². The van der Waals surface area contributed by atoms with Crippen molar-refractivity contribution >= 4 is 11.6 Å². The number of hydrogen-bond acceptors (Lipinski definition) is 4. The highest BCUT2D eigenvalue weighted by Gasteiger charge is 2.25. The summed E-state index contributed by atoms with van der Waals surface area (Å²) < 4.78 is 18.5. The molecule has 6 heteroatoms. The van der Waals surface area contributed by atoms with Gasteiger partial charge in [-0.05, 0) is 73.8 Å². The van der Waals surface area contributed by atoms with Gasteiger partial charge >= 0.3 is 0 Å². The molecule has 2 aromatic rings. The predicted molar refractivity (Wildman–Crippen MR) is 116 cm³/mol. The normalized spacial score (nSPS) is 17.5. The fourth-order valence-corrected chi connectivity index (χ4v) is 4.42. The van der Waals surface area contributed by atoms with Crippen LogP contribution in [-0.2, 0) is 11.2 Å². The van der Waals surface area contributed by atoms with E-state index < -0.39 is 0 Å². The number of likely N-dealkylation sites (tertiary alicyclic amines) is 1. The van der Waals surface area contributed by atoms with E-state index in [0.29, 0.717) is 12.3 Å². The quantitative estimate of drug-likeness (QED) is 0.757. The zero-order chi connectivity index (χ0) is 20.9. The highest BCUT2D eigenvalue weighted by atomic mass is 19.1. The van der Waals surface area contributed by atoms with Crippen molar-refractivity contribution in [3.63, 3.8) is 0 Å². The average molecular weight is 412 g/mol. The van der Waals surface area contributed by atoms with Gasteiger partial charge in [0.2, 0.25) is 0 Å². The van der Waals surface area contributed by atoms with E-state index in [9.17, 15) is 9.18 Å². The van der Waals surface area contributed by atoms with Crippen molar-refractivity contribution in [3.8, 4) is 5.75 Å². The number of anilines is 1. The van der Waals surface area contributed by atoms with Crippen molar-refractivity contribution in [1.82, 2.24) is 10.2 Å². The van der Waals surface area contributed by atoms with Crippen LogP contribution in [0.15, 0.2) is 42.5 Å². The monoisotopic (exact) mass is 411 g/mol. The molecule has 0 saturated carbocycles. The molecule has 0 spiro atoms. The molecule has 1 atom stereocenters. The van der Waals surface area contributed by atoms with Gasteiger partial charge in [-0.2, -0.15) is 0 Å². The van der Waals surface area contributed by atoms with Gasteiger partial charge in [-0.1, -0.05) is 18.6 Å². The molecular weight excluding hydrogens is 381 g/mol. The van der Waals surface area contributed by atoms with E-state index in [4.69, 9.17) is 4.74 Å². The Labute approximate surface area is 177 Å². The van der Waals surface area contributed by atoms with Gasteiger partial charge in [0.15, 0.2) is 6.61 Å². The minimum Gasteiger partial charge on any atom is -0.484 e. The number of nitrogens with zero attached hydrogens (tertiary/aromatic N) is 2. The molecule has 2 heterocycles. The summed E-state index contributed by atoms with van der Waals surface area (Å²) >= 11 is 0. The van der Waals surface area contributed by atoms with Crippen molar-refractivity contribution in [2.45, 2.75) is 31.7 Å².